The van der Waals surface area contributed by atoms with Crippen molar-refractivity contribution < 1.29 is 14.7 Å². The highest BCUT2D eigenvalue weighted by Crippen LogP contribution is 2.35. The van der Waals surface area contributed by atoms with E-state index < -0.39 is 17.8 Å². The molecule has 0 radical (unpaired) electrons. The number of hydrogen-bond acceptors (Lipinski definition) is 2. The zero-order valence-electron chi connectivity index (χ0n) is 12.2. The molecule has 112 valence electrons. The summed E-state index contributed by atoms with van der Waals surface area (Å²) in [4.78, 5) is 23.5. The van der Waals surface area contributed by atoms with Gasteiger partial charge in [0.15, 0.2) is 0 Å². The van der Waals surface area contributed by atoms with Gasteiger partial charge in [-0.2, -0.15) is 0 Å². The Balaban J connectivity index is 1.90. The molecule has 2 aliphatic rings. The van der Waals surface area contributed by atoms with Gasteiger partial charge in [-0.15, -0.1) is 0 Å². The molecule has 1 fully saturated rings. The molecule has 2 aliphatic carbocycles. The van der Waals surface area contributed by atoms with E-state index in [0.29, 0.717) is 19.4 Å². The molecule has 2 rings (SSSR count). The van der Waals surface area contributed by atoms with Gasteiger partial charge < -0.3 is 10.4 Å². The van der Waals surface area contributed by atoms with Crippen LogP contribution in [0.2, 0.25) is 0 Å². The number of hydrogen-bond donors (Lipinski definition) is 2. The summed E-state index contributed by atoms with van der Waals surface area (Å²) in [5.41, 5.74) is 0.192. The summed E-state index contributed by atoms with van der Waals surface area (Å²) in [5.74, 6) is -1.93. The highest BCUT2D eigenvalue weighted by molar-refractivity contribution is 5.85. The van der Waals surface area contributed by atoms with Gasteiger partial charge in [-0.05, 0) is 31.1 Å². The molecule has 0 spiro atoms. The summed E-state index contributed by atoms with van der Waals surface area (Å²) in [7, 11) is 0. The second-order valence-electron chi connectivity index (χ2n) is 6.58. The monoisotopic (exact) mass is 279 g/mol. The van der Waals surface area contributed by atoms with Crippen molar-refractivity contribution in [2.75, 3.05) is 6.54 Å². The average Bonchev–Trinajstić information content (AvgIpc) is 2.45. The lowest BCUT2D eigenvalue weighted by atomic mass is 9.75. The molecule has 0 heterocycles. The van der Waals surface area contributed by atoms with E-state index >= 15 is 0 Å². The molecule has 4 heteroatoms. The minimum Gasteiger partial charge on any atom is -0.481 e. The van der Waals surface area contributed by atoms with Crippen LogP contribution >= 0.6 is 0 Å². The van der Waals surface area contributed by atoms with Crippen LogP contribution in [-0.4, -0.2) is 23.5 Å². The van der Waals surface area contributed by atoms with E-state index in [1.165, 1.54) is 19.3 Å². The van der Waals surface area contributed by atoms with Crippen molar-refractivity contribution in [3.8, 4) is 0 Å². The molecule has 1 amide bonds. The minimum atomic E-state index is -0.863. The van der Waals surface area contributed by atoms with Gasteiger partial charge in [0, 0.05) is 6.54 Å². The number of carboxylic acid groups (broad SMARTS) is 1. The van der Waals surface area contributed by atoms with Crippen molar-refractivity contribution in [1.29, 1.82) is 0 Å². The summed E-state index contributed by atoms with van der Waals surface area (Å²) in [6, 6.07) is 0. The van der Waals surface area contributed by atoms with Crippen LogP contribution in [0.1, 0.15) is 51.9 Å². The number of carboxylic acids is 1. The highest BCUT2D eigenvalue weighted by Gasteiger charge is 2.35. The smallest absolute Gasteiger partial charge is 0.307 e. The molecule has 1 saturated carbocycles. The van der Waals surface area contributed by atoms with E-state index in [9.17, 15) is 14.7 Å². The zero-order valence-corrected chi connectivity index (χ0v) is 12.2. The maximum absolute atomic E-state index is 12.3. The van der Waals surface area contributed by atoms with Gasteiger partial charge in [0.05, 0.1) is 11.8 Å². The molecular weight excluding hydrogens is 254 g/mol. The van der Waals surface area contributed by atoms with Crippen LogP contribution in [0.3, 0.4) is 0 Å². The first-order valence-electron chi connectivity index (χ1n) is 7.67. The van der Waals surface area contributed by atoms with Crippen molar-refractivity contribution in [3.63, 3.8) is 0 Å². The Morgan fingerprint density at radius 2 is 1.75 bits per heavy atom. The van der Waals surface area contributed by atoms with Crippen LogP contribution in [0, 0.1) is 17.3 Å². The second kappa shape index (κ2) is 6.42. The zero-order chi connectivity index (χ0) is 14.6. The molecule has 0 aromatic carbocycles. The number of nitrogens with one attached hydrogen (secondary N) is 1. The van der Waals surface area contributed by atoms with Crippen LogP contribution < -0.4 is 5.32 Å². The summed E-state index contributed by atoms with van der Waals surface area (Å²) in [6.45, 7) is 2.90. The van der Waals surface area contributed by atoms with Gasteiger partial charge >= 0.3 is 5.97 Å². The first-order valence-corrected chi connectivity index (χ1v) is 7.67. The lowest BCUT2D eigenvalue weighted by Crippen LogP contribution is -2.43. The average molecular weight is 279 g/mol. The molecule has 0 saturated heterocycles. The number of amides is 1. The Morgan fingerprint density at radius 1 is 1.15 bits per heavy atom. The summed E-state index contributed by atoms with van der Waals surface area (Å²) in [6.07, 6.45) is 10.9. The Labute approximate surface area is 120 Å². The topological polar surface area (TPSA) is 66.4 Å². The van der Waals surface area contributed by atoms with Crippen molar-refractivity contribution in [2.45, 2.75) is 51.9 Å². The van der Waals surface area contributed by atoms with Crippen LogP contribution in [0.5, 0.6) is 0 Å². The molecule has 0 bridgehead atoms. The number of carbonyl (C=O) groups excluding carboxylic acids is 1. The Hall–Kier alpha value is -1.32. The molecule has 0 aromatic heterocycles. The van der Waals surface area contributed by atoms with Gasteiger partial charge in [-0.1, -0.05) is 38.3 Å². The number of allylic oxidation sites excluding steroid dienone is 2. The van der Waals surface area contributed by atoms with Crippen molar-refractivity contribution in [3.05, 3.63) is 12.2 Å². The Kier molecular flexibility index (Phi) is 4.84. The van der Waals surface area contributed by atoms with Crippen LogP contribution in [0.4, 0.5) is 0 Å². The maximum atomic E-state index is 12.3. The third-order valence-corrected chi connectivity index (χ3v) is 4.84. The lowest BCUT2D eigenvalue weighted by molar-refractivity contribution is -0.147. The SMILES string of the molecule is CC1(CNC(=O)C2CC=CCC2C(=O)O)CCCCC1. The van der Waals surface area contributed by atoms with Gasteiger partial charge in [-0.25, -0.2) is 0 Å². The van der Waals surface area contributed by atoms with E-state index in [0.717, 1.165) is 12.8 Å². The van der Waals surface area contributed by atoms with Crippen LogP contribution in [0.25, 0.3) is 0 Å². The third-order valence-electron chi connectivity index (χ3n) is 4.84. The lowest BCUT2D eigenvalue weighted by Gasteiger charge is -2.34. The van der Waals surface area contributed by atoms with E-state index in [4.69, 9.17) is 0 Å². The van der Waals surface area contributed by atoms with Crippen molar-refractivity contribution in [2.24, 2.45) is 17.3 Å². The fourth-order valence-corrected chi connectivity index (χ4v) is 3.39. The quantitative estimate of drug-likeness (QED) is 0.778. The van der Waals surface area contributed by atoms with E-state index in [1.54, 1.807) is 0 Å². The molecule has 2 atom stereocenters. The first kappa shape index (κ1) is 15.1. The summed E-state index contributed by atoms with van der Waals surface area (Å²) in [5, 5.41) is 12.2. The molecule has 0 aromatic rings. The van der Waals surface area contributed by atoms with Crippen LogP contribution in [0.15, 0.2) is 12.2 Å². The standard InChI is InChI=1S/C16H25NO3/c1-16(9-5-2-6-10-16)11-17-14(18)12-7-3-4-8-13(12)15(19)20/h3-4,12-13H,2,5-11H2,1H3,(H,17,18)(H,19,20). The highest BCUT2D eigenvalue weighted by atomic mass is 16.4. The molecular formula is C16H25NO3. The molecule has 4 nitrogen and oxygen atoms in total. The van der Waals surface area contributed by atoms with Gasteiger partial charge in [0.25, 0.3) is 0 Å². The fraction of sp³-hybridized carbons (Fsp3) is 0.750. The summed E-state index contributed by atoms with van der Waals surface area (Å²) >= 11 is 0. The fourth-order valence-electron chi connectivity index (χ4n) is 3.39. The largest absolute Gasteiger partial charge is 0.481 e. The predicted molar refractivity (Wildman–Crippen MR) is 77.2 cm³/mol. The Morgan fingerprint density at radius 3 is 2.35 bits per heavy atom. The van der Waals surface area contributed by atoms with E-state index in [-0.39, 0.29) is 11.3 Å². The third kappa shape index (κ3) is 3.62. The molecule has 2 N–H and O–H groups in total. The molecule has 20 heavy (non-hydrogen) atoms. The number of aliphatic carboxylic acids is 1. The minimum absolute atomic E-state index is 0.0893. The van der Waals surface area contributed by atoms with E-state index in [1.807, 2.05) is 12.2 Å². The number of rotatable bonds is 4. The van der Waals surface area contributed by atoms with Gasteiger partial charge in [-0.3, -0.25) is 9.59 Å². The normalized spacial score (nSPS) is 28.9. The molecule has 2 unspecified atom stereocenters. The summed E-state index contributed by atoms with van der Waals surface area (Å²) < 4.78 is 0. The van der Waals surface area contributed by atoms with Crippen LogP contribution in [-0.2, 0) is 9.59 Å². The van der Waals surface area contributed by atoms with Crippen molar-refractivity contribution >= 4 is 11.9 Å². The second-order valence-corrected chi connectivity index (χ2v) is 6.58. The van der Waals surface area contributed by atoms with E-state index in [2.05, 4.69) is 12.2 Å². The molecule has 0 aliphatic heterocycles. The number of carbonyl (C=O) groups is 2. The Bertz CT molecular complexity index is 397. The first-order chi connectivity index (χ1) is 9.52. The van der Waals surface area contributed by atoms with Crippen molar-refractivity contribution in [1.82, 2.24) is 5.32 Å². The van der Waals surface area contributed by atoms with Gasteiger partial charge in [0.1, 0.15) is 0 Å². The maximum Gasteiger partial charge on any atom is 0.307 e. The van der Waals surface area contributed by atoms with Gasteiger partial charge in [0.2, 0.25) is 5.91 Å². The predicted octanol–water partition coefficient (Wildman–Crippen LogP) is 2.74.